The minimum Gasteiger partial charge on any atom is -0.482 e. The number of hydrogen-bond donors (Lipinski definition) is 1. The van der Waals surface area contributed by atoms with Gasteiger partial charge in [0.1, 0.15) is 40.3 Å². The van der Waals surface area contributed by atoms with Gasteiger partial charge in [0.2, 0.25) is 0 Å². The number of carbonyl (C=O) groups excluding carboxylic acids is 3. The third-order valence-corrected chi connectivity index (χ3v) is 10.8. The van der Waals surface area contributed by atoms with Crippen LogP contribution >= 0.6 is 0 Å². The highest BCUT2D eigenvalue weighted by Crippen LogP contribution is 2.67. The SMILES string of the molecule is COC(=O)[C@@]1(C)C2C[C@H](OC(=O)c3ccc(C#N)cc3)[C@@]3(C)Oc4cc(-c5cccnc5)oc(=O)c4[C@H](O)C3[C@@]2(C)CC[C@@H]1OC(C)=O. The number of aromatic nitrogens is 1. The minimum atomic E-state index is -1.46. The van der Waals surface area contributed by atoms with Crippen LogP contribution in [0.5, 0.6) is 5.75 Å². The summed E-state index contributed by atoms with van der Waals surface area (Å²) in [6, 6.07) is 12.9. The normalized spacial score (nSPS) is 31.8. The second-order valence-corrected chi connectivity index (χ2v) is 13.4. The number of rotatable bonds is 5. The Morgan fingerprint density at radius 2 is 1.81 bits per heavy atom. The van der Waals surface area contributed by atoms with Crippen molar-refractivity contribution in [2.24, 2.45) is 22.7 Å². The number of nitriles is 1. The number of ether oxygens (including phenoxy) is 4. The number of carbonyl (C=O) groups is 3. The first-order valence-corrected chi connectivity index (χ1v) is 15.7. The van der Waals surface area contributed by atoms with E-state index in [1.54, 1.807) is 32.2 Å². The molecule has 1 aliphatic heterocycles. The topological polar surface area (TPSA) is 175 Å². The summed E-state index contributed by atoms with van der Waals surface area (Å²) in [4.78, 5) is 57.3. The summed E-state index contributed by atoms with van der Waals surface area (Å²) in [5, 5.41) is 21.5. The number of fused-ring (bicyclic) bond motifs is 4. The van der Waals surface area contributed by atoms with Gasteiger partial charge in [0.05, 0.1) is 30.4 Å². The number of hydrogen-bond acceptors (Lipinski definition) is 12. The first kappa shape index (κ1) is 32.9. The maximum absolute atomic E-state index is 13.7. The number of pyridine rings is 1. The van der Waals surface area contributed by atoms with Crippen LogP contribution in [0, 0.1) is 34.0 Å². The van der Waals surface area contributed by atoms with Crippen molar-refractivity contribution < 1.29 is 42.9 Å². The molecule has 2 saturated carbocycles. The fraction of sp³-hybridized carbons (Fsp3) is 0.444. The molecule has 3 aromatic rings. The van der Waals surface area contributed by atoms with Crippen LogP contribution in [0.15, 0.2) is 64.1 Å². The highest BCUT2D eigenvalue weighted by molar-refractivity contribution is 5.89. The Morgan fingerprint density at radius 1 is 1.08 bits per heavy atom. The van der Waals surface area contributed by atoms with Crippen LogP contribution < -0.4 is 10.4 Å². The molecule has 48 heavy (non-hydrogen) atoms. The summed E-state index contributed by atoms with van der Waals surface area (Å²) < 4.78 is 29.6. The summed E-state index contributed by atoms with van der Waals surface area (Å²) in [6.45, 7) is 6.57. The Bertz CT molecular complexity index is 1870. The van der Waals surface area contributed by atoms with E-state index in [1.165, 1.54) is 50.6 Å². The zero-order chi connectivity index (χ0) is 34.6. The zero-order valence-electron chi connectivity index (χ0n) is 27.2. The number of aliphatic hydroxyl groups excluding tert-OH is 1. The van der Waals surface area contributed by atoms with Gasteiger partial charge in [-0.05, 0) is 80.8 Å². The molecule has 1 aromatic carbocycles. The molecule has 12 nitrogen and oxygen atoms in total. The van der Waals surface area contributed by atoms with E-state index in [9.17, 15) is 29.5 Å². The second kappa shape index (κ2) is 11.9. The molecule has 0 bridgehead atoms. The molecule has 0 amide bonds. The van der Waals surface area contributed by atoms with Crippen LogP contribution in [0.25, 0.3) is 11.3 Å². The van der Waals surface area contributed by atoms with Crippen molar-refractivity contribution >= 4 is 17.9 Å². The van der Waals surface area contributed by atoms with Crippen LogP contribution in [-0.2, 0) is 23.8 Å². The lowest BCUT2D eigenvalue weighted by molar-refractivity contribution is -0.262. The van der Waals surface area contributed by atoms with Crippen LogP contribution in [0.1, 0.15) is 74.5 Å². The number of nitrogens with zero attached hydrogens (tertiary/aromatic N) is 2. The summed E-state index contributed by atoms with van der Waals surface area (Å²) in [6.07, 6.45) is 0.375. The van der Waals surface area contributed by atoms with Crippen LogP contribution in [0.4, 0.5) is 0 Å². The summed E-state index contributed by atoms with van der Waals surface area (Å²) >= 11 is 0. The van der Waals surface area contributed by atoms with Gasteiger partial charge >= 0.3 is 23.5 Å². The third-order valence-electron chi connectivity index (χ3n) is 10.8. The Hall–Kier alpha value is -5.02. The monoisotopic (exact) mass is 656 g/mol. The average molecular weight is 657 g/mol. The quantitative estimate of drug-likeness (QED) is 0.300. The van der Waals surface area contributed by atoms with Gasteiger partial charge in [-0.25, -0.2) is 9.59 Å². The average Bonchev–Trinajstić information content (AvgIpc) is 3.06. The van der Waals surface area contributed by atoms with E-state index in [0.29, 0.717) is 17.5 Å². The van der Waals surface area contributed by atoms with Gasteiger partial charge in [-0.15, -0.1) is 0 Å². The molecule has 0 saturated heterocycles. The van der Waals surface area contributed by atoms with Crippen molar-refractivity contribution in [1.29, 1.82) is 5.26 Å². The Balaban J connectivity index is 1.51. The van der Waals surface area contributed by atoms with E-state index in [-0.39, 0.29) is 35.5 Å². The number of esters is 3. The van der Waals surface area contributed by atoms with Crippen molar-refractivity contribution in [3.63, 3.8) is 0 Å². The van der Waals surface area contributed by atoms with E-state index < -0.39 is 70.1 Å². The first-order chi connectivity index (χ1) is 22.8. The van der Waals surface area contributed by atoms with Crippen molar-refractivity contribution in [2.45, 2.75) is 70.9 Å². The number of benzene rings is 1. The largest absolute Gasteiger partial charge is 0.482 e. The highest BCUT2D eigenvalue weighted by atomic mass is 16.6. The standard InChI is InChI=1S/C36H36N2O10/c1-19(39)45-26-12-13-34(2)25(35(26,3)33(43)44-5)16-27(47-31(41)21-10-8-20(17-37)9-11-21)36(4)30(34)29(40)28-24(48-36)15-23(46-32(28)42)22-7-6-14-38-18-22/h6-11,14-15,18,25-27,29-30,40H,12-13,16H2,1-5H3/t25?,26-,27-,29-,30?,34-,35-,36+/m0/s1. The Labute approximate surface area is 276 Å². The molecule has 2 unspecified atom stereocenters. The predicted octanol–water partition coefficient (Wildman–Crippen LogP) is 4.53. The van der Waals surface area contributed by atoms with E-state index >= 15 is 0 Å². The molecule has 8 atom stereocenters. The number of methoxy groups -OCH3 is 1. The van der Waals surface area contributed by atoms with Gasteiger partial charge < -0.3 is 28.5 Å². The molecular formula is C36H36N2O10. The molecule has 2 aromatic heterocycles. The number of aliphatic hydroxyl groups is 1. The molecule has 3 aliphatic rings. The first-order valence-electron chi connectivity index (χ1n) is 15.7. The zero-order valence-corrected chi connectivity index (χ0v) is 27.2. The molecule has 3 heterocycles. The smallest absolute Gasteiger partial charge is 0.345 e. The van der Waals surface area contributed by atoms with Gasteiger partial charge in [-0.2, -0.15) is 5.26 Å². The fourth-order valence-electron chi connectivity index (χ4n) is 8.62. The minimum absolute atomic E-state index is 0.0633. The molecule has 0 radical (unpaired) electrons. The van der Waals surface area contributed by atoms with Gasteiger partial charge in [0.15, 0.2) is 0 Å². The van der Waals surface area contributed by atoms with Crippen molar-refractivity contribution in [2.75, 3.05) is 7.11 Å². The predicted molar refractivity (Wildman–Crippen MR) is 167 cm³/mol. The molecule has 12 heteroatoms. The maximum Gasteiger partial charge on any atom is 0.345 e. The van der Waals surface area contributed by atoms with Crippen LogP contribution in [0.2, 0.25) is 0 Å². The highest BCUT2D eigenvalue weighted by Gasteiger charge is 2.72. The summed E-state index contributed by atoms with van der Waals surface area (Å²) in [5.74, 6) is -3.27. The van der Waals surface area contributed by atoms with Gasteiger partial charge in [-0.3, -0.25) is 14.6 Å². The van der Waals surface area contributed by atoms with Crippen molar-refractivity contribution in [3.05, 3.63) is 82.0 Å². The lowest BCUT2D eigenvalue weighted by Gasteiger charge is -2.65. The summed E-state index contributed by atoms with van der Waals surface area (Å²) in [5.41, 5.74) is -3.63. The van der Waals surface area contributed by atoms with E-state index in [0.717, 1.165) is 0 Å². The van der Waals surface area contributed by atoms with Gasteiger partial charge in [0.25, 0.3) is 0 Å². The lowest BCUT2D eigenvalue weighted by atomic mass is 9.42. The van der Waals surface area contributed by atoms with E-state index in [4.69, 9.17) is 23.4 Å². The van der Waals surface area contributed by atoms with E-state index in [1.807, 2.05) is 13.0 Å². The molecule has 6 rings (SSSR count). The molecule has 0 spiro atoms. The lowest BCUT2D eigenvalue weighted by Crippen LogP contribution is -2.72. The molecule has 2 aliphatic carbocycles. The van der Waals surface area contributed by atoms with Crippen molar-refractivity contribution in [1.82, 2.24) is 4.98 Å². The summed E-state index contributed by atoms with van der Waals surface area (Å²) in [7, 11) is 1.25. The Kier molecular flexibility index (Phi) is 8.15. The van der Waals surface area contributed by atoms with E-state index in [2.05, 4.69) is 4.98 Å². The molecule has 2 fully saturated rings. The molecule has 1 N–H and O–H groups in total. The Morgan fingerprint density at radius 3 is 2.44 bits per heavy atom. The van der Waals surface area contributed by atoms with Gasteiger partial charge in [-0.1, -0.05) is 6.92 Å². The third kappa shape index (κ3) is 5.04. The molecular weight excluding hydrogens is 620 g/mol. The molecule has 250 valence electrons. The fourth-order valence-corrected chi connectivity index (χ4v) is 8.62. The second-order valence-electron chi connectivity index (χ2n) is 13.4. The van der Waals surface area contributed by atoms with Crippen LogP contribution in [0.3, 0.4) is 0 Å². The van der Waals surface area contributed by atoms with Crippen LogP contribution in [-0.4, -0.2) is 52.9 Å². The van der Waals surface area contributed by atoms with Crippen molar-refractivity contribution in [3.8, 4) is 23.1 Å². The maximum atomic E-state index is 13.7. The van der Waals surface area contributed by atoms with Gasteiger partial charge in [0, 0.05) is 36.9 Å².